The second-order valence-electron chi connectivity index (χ2n) is 5.86. The summed E-state index contributed by atoms with van der Waals surface area (Å²) in [6.07, 6.45) is 3.31. The molecule has 0 aromatic heterocycles. The van der Waals surface area contributed by atoms with Crippen molar-refractivity contribution in [3.05, 3.63) is 24.3 Å². The molecule has 1 heterocycles. The lowest BCUT2D eigenvalue weighted by molar-refractivity contribution is -0.132. The van der Waals surface area contributed by atoms with Crippen LogP contribution in [0.3, 0.4) is 0 Å². The lowest BCUT2D eigenvalue weighted by Crippen LogP contribution is -2.50. The highest BCUT2D eigenvalue weighted by atomic mass is 32.2. The Bertz CT molecular complexity index is 551. The number of nitrogens with one attached hydrogen (secondary N) is 1. The first-order valence-electron chi connectivity index (χ1n) is 8.28. The Morgan fingerprint density at radius 2 is 2.04 bits per heavy atom. The van der Waals surface area contributed by atoms with Crippen molar-refractivity contribution in [2.45, 2.75) is 36.6 Å². The quantitative estimate of drug-likeness (QED) is 0.644. The third-order valence-electron chi connectivity index (χ3n) is 4.05. The zero-order valence-electron chi connectivity index (χ0n) is 13.7. The van der Waals surface area contributed by atoms with Gasteiger partial charge in [-0.2, -0.15) is 0 Å². The third kappa shape index (κ3) is 5.72. The molecule has 1 aliphatic rings. The fourth-order valence-electron chi connectivity index (χ4n) is 2.76. The number of phenolic OH excluding ortho intramolecular Hbond substituents is 1. The van der Waals surface area contributed by atoms with Crippen LogP contribution in [0.4, 0.5) is 0 Å². The van der Waals surface area contributed by atoms with Gasteiger partial charge in [-0.3, -0.25) is 9.59 Å². The summed E-state index contributed by atoms with van der Waals surface area (Å²) in [5.41, 5.74) is 5.37. The molecule has 4 N–H and O–H groups in total. The van der Waals surface area contributed by atoms with Crippen molar-refractivity contribution in [2.75, 3.05) is 25.4 Å². The first-order valence-corrected chi connectivity index (χ1v) is 9.27. The number of nitrogens with two attached hydrogens (primary N) is 1. The molecule has 0 aliphatic carbocycles. The maximum absolute atomic E-state index is 12.5. The molecular formula is C17H25N3O3S. The zero-order chi connectivity index (χ0) is 17.4. The predicted octanol–water partition coefficient (Wildman–Crippen LogP) is 1.33. The highest BCUT2D eigenvalue weighted by Gasteiger charge is 2.26. The van der Waals surface area contributed by atoms with Crippen molar-refractivity contribution in [3.8, 4) is 5.75 Å². The van der Waals surface area contributed by atoms with Crippen molar-refractivity contribution in [3.63, 3.8) is 0 Å². The van der Waals surface area contributed by atoms with E-state index in [-0.39, 0.29) is 23.6 Å². The fourth-order valence-corrected chi connectivity index (χ4v) is 3.55. The van der Waals surface area contributed by atoms with Gasteiger partial charge in [0.1, 0.15) is 5.75 Å². The van der Waals surface area contributed by atoms with Crippen molar-refractivity contribution < 1.29 is 14.7 Å². The third-order valence-corrected chi connectivity index (χ3v) is 5.05. The Morgan fingerprint density at radius 3 is 2.75 bits per heavy atom. The van der Waals surface area contributed by atoms with E-state index in [4.69, 9.17) is 5.73 Å². The largest absolute Gasteiger partial charge is 0.508 e. The van der Waals surface area contributed by atoms with Crippen LogP contribution in [-0.2, 0) is 9.59 Å². The number of hydrogen-bond donors (Lipinski definition) is 3. The van der Waals surface area contributed by atoms with Crippen LogP contribution in [0.25, 0.3) is 0 Å². The number of carbonyl (C=O) groups excluding carboxylic acids is 2. The zero-order valence-corrected chi connectivity index (χ0v) is 14.6. The molecule has 1 atom stereocenters. The predicted molar refractivity (Wildman–Crippen MR) is 94.9 cm³/mol. The van der Waals surface area contributed by atoms with E-state index in [9.17, 15) is 14.7 Å². The van der Waals surface area contributed by atoms with E-state index in [0.29, 0.717) is 25.3 Å². The monoisotopic (exact) mass is 351 g/mol. The van der Waals surface area contributed by atoms with Gasteiger partial charge in [0.2, 0.25) is 11.8 Å². The van der Waals surface area contributed by atoms with Crippen molar-refractivity contribution >= 4 is 23.6 Å². The maximum Gasteiger partial charge on any atom is 0.233 e. The van der Waals surface area contributed by atoms with Gasteiger partial charge in [0, 0.05) is 37.0 Å². The highest BCUT2D eigenvalue weighted by Crippen LogP contribution is 2.23. The molecule has 1 aromatic carbocycles. The van der Waals surface area contributed by atoms with Crippen LogP contribution >= 0.6 is 11.8 Å². The summed E-state index contributed by atoms with van der Waals surface area (Å²) in [5.74, 6) is 0.604. The average Bonchev–Trinajstić information content (AvgIpc) is 2.60. The van der Waals surface area contributed by atoms with E-state index in [0.717, 1.165) is 30.7 Å². The summed E-state index contributed by atoms with van der Waals surface area (Å²) < 4.78 is 0. The number of rotatable bonds is 7. The number of piperidine rings is 1. The minimum atomic E-state index is -0.0612. The van der Waals surface area contributed by atoms with Gasteiger partial charge in [0.05, 0.1) is 5.75 Å². The van der Waals surface area contributed by atoms with Crippen LogP contribution in [0.15, 0.2) is 29.2 Å². The number of likely N-dealkylation sites (tertiary alicyclic amines) is 1. The van der Waals surface area contributed by atoms with Crippen molar-refractivity contribution in [1.82, 2.24) is 10.2 Å². The van der Waals surface area contributed by atoms with E-state index >= 15 is 0 Å². The van der Waals surface area contributed by atoms with Crippen molar-refractivity contribution in [2.24, 2.45) is 5.73 Å². The summed E-state index contributed by atoms with van der Waals surface area (Å²) >= 11 is 1.46. The van der Waals surface area contributed by atoms with Gasteiger partial charge in [-0.1, -0.05) is 0 Å². The smallest absolute Gasteiger partial charge is 0.233 e. The van der Waals surface area contributed by atoms with Gasteiger partial charge in [-0.05, 0) is 43.5 Å². The maximum atomic E-state index is 12.5. The van der Waals surface area contributed by atoms with Gasteiger partial charge in [-0.25, -0.2) is 0 Å². The molecule has 1 saturated heterocycles. The van der Waals surface area contributed by atoms with E-state index in [1.54, 1.807) is 24.3 Å². The fraction of sp³-hybridized carbons (Fsp3) is 0.529. The minimum absolute atomic E-state index is 0.0612. The van der Waals surface area contributed by atoms with Gasteiger partial charge < -0.3 is 21.1 Å². The molecule has 24 heavy (non-hydrogen) atoms. The second-order valence-corrected chi connectivity index (χ2v) is 6.91. The highest BCUT2D eigenvalue weighted by molar-refractivity contribution is 8.00. The summed E-state index contributed by atoms with van der Waals surface area (Å²) in [5, 5.41) is 12.2. The van der Waals surface area contributed by atoms with Crippen molar-refractivity contribution in [1.29, 1.82) is 0 Å². The number of benzene rings is 1. The van der Waals surface area contributed by atoms with E-state index < -0.39 is 0 Å². The second kappa shape index (κ2) is 9.54. The van der Waals surface area contributed by atoms with Crippen LogP contribution < -0.4 is 11.1 Å². The molecule has 1 aromatic rings. The number of aromatic hydroxyl groups is 1. The standard InChI is InChI=1S/C17H25N3O3S/c18-9-8-16(22)19-11-13-3-1-2-10-20(13)17(23)12-24-15-6-4-14(21)5-7-15/h4-7,13,21H,1-3,8-12,18H2,(H,19,22). The van der Waals surface area contributed by atoms with Gasteiger partial charge >= 0.3 is 0 Å². The van der Waals surface area contributed by atoms with Crippen LogP contribution in [0.1, 0.15) is 25.7 Å². The molecule has 6 nitrogen and oxygen atoms in total. The Morgan fingerprint density at radius 1 is 1.29 bits per heavy atom. The van der Waals surface area contributed by atoms with Crippen LogP contribution in [-0.4, -0.2) is 53.2 Å². The molecule has 1 unspecified atom stereocenters. The molecule has 0 bridgehead atoms. The summed E-state index contributed by atoms with van der Waals surface area (Å²) in [6.45, 7) is 1.57. The number of amides is 2. The first kappa shape index (κ1) is 18.6. The number of carbonyl (C=O) groups is 2. The molecule has 0 spiro atoms. The number of phenols is 1. The molecule has 2 rings (SSSR count). The van der Waals surface area contributed by atoms with E-state index in [2.05, 4.69) is 5.32 Å². The molecular weight excluding hydrogens is 326 g/mol. The molecule has 2 amide bonds. The first-order chi connectivity index (χ1) is 11.6. The van der Waals surface area contributed by atoms with Crippen LogP contribution in [0, 0.1) is 0 Å². The Labute approximate surface area is 146 Å². The lowest BCUT2D eigenvalue weighted by atomic mass is 10.0. The Balaban J connectivity index is 1.85. The SMILES string of the molecule is NCCC(=O)NCC1CCCCN1C(=O)CSc1ccc(O)cc1. The molecule has 1 aliphatic heterocycles. The lowest BCUT2D eigenvalue weighted by Gasteiger charge is -2.36. The molecule has 7 heteroatoms. The molecule has 0 radical (unpaired) electrons. The molecule has 1 fully saturated rings. The normalized spacial score (nSPS) is 17.5. The summed E-state index contributed by atoms with van der Waals surface area (Å²) in [4.78, 5) is 27.0. The van der Waals surface area contributed by atoms with E-state index in [1.165, 1.54) is 11.8 Å². The summed E-state index contributed by atoms with van der Waals surface area (Å²) in [7, 11) is 0. The Kier molecular flexibility index (Phi) is 7.39. The number of nitrogens with zero attached hydrogens (tertiary/aromatic N) is 1. The minimum Gasteiger partial charge on any atom is -0.508 e. The van der Waals surface area contributed by atoms with Gasteiger partial charge in [0.25, 0.3) is 0 Å². The van der Waals surface area contributed by atoms with Crippen LogP contribution in [0.2, 0.25) is 0 Å². The number of hydrogen-bond acceptors (Lipinski definition) is 5. The van der Waals surface area contributed by atoms with Gasteiger partial charge in [0.15, 0.2) is 0 Å². The Hall–Kier alpha value is -1.73. The topological polar surface area (TPSA) is 95.7 Å². The average molecular weight is 351 g/mol. The molecule has 132 valence electrons. The van der Waals surface area contributed by atoms with E-state index in [1.807, 2.05) is 4.90 Å². The molecule has 0 saturated carbocycles. The van der Waals surface area contributed by atoms with Crippen LogP contribution in [0.5, 0.6) is 5.75 Å². The number of thioether (sulfide) groups is 1. The summed E-state index contributed by atoms with van der Waals surface area (Å²) in [6, 6.07) is 6.89. The van der Waals surface area contributed by atoms with Gasteiger partial charge in [-0.15, -0.1) is 11.8 Å².